The van der Waals surface area contributed by atoms with E-state index in [4.69, 9.17) is 14.2 Å². The van der Waals surface area contributed by atoms with E-state index in [-0.39, 0.29) is 31.1 Å². The van der Waals surface area contributed by atoms with Crippen LogP contribution < -0.4 is 0 Å². The highest BCUT2D eigenvalue weighted by Gasteiger charge is 2.19. The summed E-state index contributed by atoms with van der Waals surface area (Å²) in [7, 11) is 0. The average Bonchev–Trinajstić information content (AvgIpc) is 3.27. The molecule has 0 aromatic carbocycles. The standard InChI is InChI=1S/C56H96O6/c1-4-7-10-13-16-19-22-25-27-29-31-34-37-40-43-46-49-55(58)61-52-53(51-60-54(57)48-45-42-39-36-33-30-24-21-18-15-12-9-6-3)62-56(59)50-47-44-41-38-35-32-28-26-23-20-17-14-11-8-5-2/h7,9-10,12,15-16,18-19,21,24-25,27,53H,4-6,8,11,13-14,17,20,22-23,26,28-52H2,1-3H3/b10-7-,12-9-,18-15-,19-16-,24-21-,27-25-. The zero-order valence-corrected chi connectivity index (χ0v) is 40.6. The number of hydrogen-bond acceptors (Lipinski definition) is 6. The lowest BCUT2D eigenvalue weighted by atomic mass is 10.0. The van der Waals surface area contributed by atoms with Crippen molar-refractivity contribution in [1.82, 2.24) is 0 Å². The van der Waals surface area contributed by atoms with Gasteiger partial charge in [0, 0.05) is 19.3 Å². The number of carbonyl (C=O) groups excluding carboxylic acids is 3. The molecule has 0 fully saturated rings. The smallest absolute Gasteiger partial charge is 0.306 e. The van der Waals surface area contributed by atoms with Gasteiger partial charge in [0.05, 0.1) is 0 Å². The van der Waals surface area contributed by atoms with Crippen LogP contribution in [-0.4, -0.2) is 37.2 Å². The van der Waals surface area contributed by atoms with Crippen LogP contribution in [0.25, 0.3) is 0 Å². The summed E-state index contributed by atoms with van der Waals surface area (Å²) in [4.78, 5) is 38.0. The van der Waals surface area contributed by atoms with Crippen LogP contribution in [0.1, 0.15) is 245 Å². The summed E-state index contributed by atoms with van der Waals surface area (Å²) in [6.45, 7) is 6.37. The second-order valence-corrected chi connectivity index (χ2v) is 17.1. The topological polar surface area (TPSA) is 78.9 Å². The third-order valence-electron chi connectivity index (χ3n) is 11.0. The molecular formula is C56H96O6. The molecule has 0 aliphatic carbocycles. The summed E-state index contributed by atoms with van der Waals surface area (Å²) < 4.78 is 16.8. The maximum absolute atomic E-state index is 12.8. The van der Waals surface area contributed by atoms with E-state index >= 15 is 0 Å². The second-order valence-electron chi connectivity index (χ2n) is 17.1. The first kappa shape index (κ1) is 58.9. The van der Waals surface area contributed by atoms with E-state index in [1.54, 1.807) is 0 Å². The summed E-state index contributed by atoms with van der Waals surface area (Å²) in [5.41, 5.74) is 0. The van der Waals surface area contributed by atoms with Crippen molar-refractivity contribution in [3.05, 3.63) is 72.9 Å². The molecule has 1 unspecified atom stereocenters. The van der Waals surface area contributed by atoms with Gasteiger partial charge in [-0.05, 0) is 70.6 Å². The number of unbranched alkanes of at least 4 members (excludes halogenated alkanes) is 25. The van der Waals surface area contributed by atoms with Crippen molar-refractivity contribution in [2.75, 3.05) is 13.2 Å². The third-order valence-corrected chi connectivity index (χ3v) is 11.0. The Bertz CT molecular complexity index is 1180. The first-order valence-corrected chi connectivity index (χ1v) is 26.0. The molecule has 0 N–H and O–H groups in total. The zero-order valence-electron chi connectivity index (χ0n) is 40.6. The Labute approximate surface area is 382 Å². The van der Waals surface area contributed by atoms with Gasteiger partial charge >= 0.3 is 17.9 Å². The van der Waals surface area contributed by atoms with E-state index in [9.17, 15) is 14.4 Å². The molecule has 0 radical (unpaired) electrons. The van der Waals surface area contributed by atoms with E-state index < -0.39 is 6.10 Å². The molecule has 0 bridgehead atoms. The molecule has 0 aromatic heterocycles. The molecule has 0 rings (SSSR count). The maximum atomic E-state index is 12.8. The number of carbonyl (C=O) groups is 3. The lowest BCUT2D eigenvalue weighted by molar-refractivity contribution is -0.167. The zero-order chi connectivity index (χ0) is 45.1. The van der Waals surface area contributed by atoms with Crippen LogP contribution in [0, 0.1) is 0 Å². The minimum Gasteiger partial charge on any atom is -0.462 e. The Morgan fingerprint density at radius 1 is 0.355 bits per heavy atom. The molecule has 1 atom stereocenters. The quantitative estimate of drug-likeness (QED) is 0.0199. The van der Waals surface area contributed by atoms with Crippen molar-refractivity contribution in [2.24, 2.45) is 0 Å². The molecule has 62 heavy (non-hydrogen) atoms. The van der Waals surface area contributed by atoms with Gasteiger partial charge in [-0.1, -0.05) is 229 Å². The molecule has 0 saturated heterocycles. The molecule has 6 heteroatoms. The Balaban J connectivity index is 4.41. The highest BCUT2D eigenvalue weighted by Crippen LogP contribution is 2.15. The van der Waals surface area contributed by atoms with E-state index in [0.717, 1.165) is 109 Å². The first-order chi connectivity index (χ1) is 30.5. The van der Waals surface area contributed by atoms with Crippen LogP contribution >= 0.6 is 0 Å². The normalized spacial score (nSPS) is 12.6. The largest absolute Gasteiger partial charge is 0.462 e. The number of hydrogen-bond donors (Lipinski definition) is 0. The van der Waals surface area contributed by atoms with Gasteiger partial charge in [-0.3, -0.25) is 14.4 Å². The van der Waals surface area contributed by atoms with Gasteiger partial charge in [0.2, 0.25) is 0 Å². The molecule has 0 aliphatic rings. The van der Waals surface area contributed by atoms with Crippen molar-refractivity contribution in [2.45, 2.75) is 252 Å². The molecular weight excluding hydrogens is 769 g/mol. The van der Waals surface area contributed by atoms with Crippen molar-refractivity contribution in [3.8, 4) is 0 Å². The van der Waals surface area contributed by atoms with Crippen molar-refractivity contribution < 1.29 is 28.6 Å². The fourth-order valence-electron chi connectivity index (χ4n) is 7.16. The highest BCUT2D eigenvalue weighted by molar-refractivity contribution is 5.71. The number of ether oxygens (including phenoxy) is 3. The average molecular weight is 865 g/mol. The Hall–Kier alpha value is -3.15. The maximum Gasteiger partial charge on any atom is 0.306 e. The van der Waals surface area contributed by atoms with E-state index in [0.29, 0.717) is 19.3 Å². The van der Waals surface area contributed by atoms with Gasteiger partial charge < -0.3 is 14.2 Å². The van der Waals surface area contributed by atoms with Gasteiger partial charge in [0.15, 0.2) is 6.10 Å². The summed E-state index contributed by atoms with van der Waals surface area (Å²) in [5.74, 6) is -0.916. The van der Waals surface area contributed by atoms with Gasteiger partial charge in [0.1, 0.15) is 13.2 Å². The van der Waals surface area contributed by atoms with Crippen molar-refractivity contribution in [3.63, 3.8) is 0 Å². The van der Waals surface area contributed by atoms with Gasteiger partial charge in [-0.25, -0.2) is 0 Å². The second kappa shape index (κ2) is 50.5. The van der Waals surface area contributed by atoms with Crippen LogP contribution in [0.3, 0.4) is 0 Å². The minimum atomic E-state index is -0.787. The fraction of sp³-hybridized carbons (Fsp3) is 0.732. The molecule has 0 amide bonds. The third kappa shape index (κ3) is 47.9. The minimum absolute atomic E-state index is 0.0877. The number of rotatable bonds is 46. The molecule has 0 spiro atoms. The predicted molar refractivity (Wildman–Crippen MR) is 265 cm³/mol. The lowest BCUT2D eigenvalue weighted by Gasteiger charge is -2.18. The van der Waals surface area contributed by atoms with Gasteiger partial charge in [-0.2, -0.15) is 0 Å². The highest BCUT2D eigenvalue weighted by atomic mass is 16.6. The molecule has 0 aromatic rings. The van der Waals surface area contributed by atoms with Crippen LogP contribution in [0.4, 0.5) is 0 Å². The van der Waals surface area contributed by atoms with E-state index in [1.165, 1.54) is 96.3 Å². The van der Waals surface area contributed by atoms with Crippen molar-refractivity contribution in [1.29, 1.82) is 0 Å². The van der Waals surface area contributed by atoms with Crippen LogP contribution in [-0.2, 0) is 28.6 Å². The first-order valence-electron chi connectivity index (χ1n) is 26.0. The Kier molecular flexibility index (Phi) is 47.9. The molecule has 356 valence electrons. The number of allylic oxidation sites excluding steroid dienone is 12. The van der Waals surface area contributed by atoms with Gasteiger partial charge in [-0.15, -0.1) is 0 Å². The number of esters is 3. The lowest BCUT2D eigenvalue weighted by Crippen LogP contribution is -2.30. The van der Waals surface area contributed by atoms with E-state index in [1.807, 2.05) is 0 Å². The Morgan fingerprint density at radius 2 is 0.710 bits per heavy atom. The Morgan fingerprint density at radius 3 is 1.16 bits per heavy atom. The van der Waals surface area contributed by atoms with E-state index in [2.05, 4.69) is 93.7 Å². The molecule has 0 heterocycles. The van der Waals surface area contributed by atoms with Crippen LogP contribution in [0.2, 0.25) is 0 Å². The molecule has 0 saturated carbocycles. The van der Waals surface area contributed by atoms with Crippen LogP contribution in [0.15, 0.2) is 72.9 Å². The summed E-state index contributed by atoms with van der Waals surface area (Å²) in [6.07, 6.45) is 63.1. The van der Waals surface area contributed by atoms with Gasteiger partial charge in [0.25, 0.3) is 0 Å². The summed E-state index contributed by atoms with van der Waals surface area (Å²) in [6, 6.07) is 0. The summed E-state index contributed by atoms with van der Waals surface area (Å²) in [5, 5.41) is 0. The fourth-order valence-corrected chi connectivity index (χ4v) is 7.16. The summed E-state index contributed by atoms with van der Waals surface area (Å²) >= 11 is 0. The monoisotopic (exact) mass is 865 g/mol. The SMILES string of the molecule is CC\C=C/C=C\C=C/CCCCCCCC(=O)OCC(COC(=O)CCCCCCCC/C=C\C/C=C\C/C=C\CC)OC(=O)CCCCCCCCCCCCCCCCC. The van der Waals surface area contributed by atoms with Crippen LogP contribution in [0.5, 0.6) is 0 Å². The predicted octanol–water partition coefficient (Wildman–Crippen LogP) is 17.0. The molecule has 0 aliphatic heterocycles. The van der Waals surface area contributed by atoms with Crippen molar-refractivity contribution >= 4 is 17.9 Å². The molecule has 6 nitrogen and oxygen atoms in total.